The normalized spacial score (nSPS) is 9.62. The van der Waals surface area contributed by atoms with Crippen LogP contribution in [0.2, 0.25) is 0 Å². The van der Waals surface area contributed by atoms with E-state index in [-0.39, 0.29) is 5.91 Å². The molecule has 1 amide bonds. The minimum atomic E-state index is -0.465. The molecule has 6 nitrogen and oxygen atoms in total. The van der Waals surface area contributed by atoms with Gasteiger partial charge in [0.2, 0.25) is 5.91 Å². The third-order valence-corrected chi connectivity index (χ3v) is 2.02. The molecule has 0 bridgehead atoms. The number of likely N-dealkylation sites (N-methyl/N-ethyl adjacent to an activating group) is 1. The first-order valence-electron chi connectivity index (χ1n) is 6.91. The third-order valence-electron chi connectivity index (χ3n) is 2.02. The summed E-state index contributed by atoms with van der Waals surface area (Å²) in [4.78, 5) is 35.4. The second-order valence-electron chi connectivity index (χ2n) is 3.29. The number of amides is 1. The van der Waals surface area contributed by atoms with Crippen LogP contribution in [0.15, 0.2) is 34.0 Å². The summed E-state index contributed by atoms with van der Waals surface area (Å²) in [6, 6.07) is 0. The number of allylic oxidation sites excluding steroid dienone is 2. The van der Waals surface area contributed by atoms with E-state index in [0.29, 0.717) is 5.56 Å². The van der Waals surface area contributed by atoms with Crippen LogP contribution in [0, 0.1) is 0 Å². The van der Waals surface area contributed by atoms with Crippen molar-refractivity contribution in [3.8, 4) is 0 Å². The number of carbonyl (C=O) groups is 1. The van der Waals surface area contributed by atoms with Gasteiger partial charge in [0.25, 0.3) is 5.56 Å². The number of hydrogen-bond donors (Lipinski definition) is 2. The van der Waals surface area contributed by atoms with Crippen molar-refractivity contribution in [3.63, 3.8) is 0 Å². The van der Waals surface area contributed by atoms with Crippen LogP contribution in [0.25, 0.3) is 6.08 Å². The molecule has 0 atom stereocenters. The molecule has 2 N–H and O–H groups in total. The highest BCUT2D eigenvalue weighted by Gasteiger charge is 1.97. The summed E-state index contributed by atoms with van der Waals surface area (Å²) in [5, 5.41) is 2.42. The summed E-state index contributed by atoms with van der Waals surface area (Å²) >= 11 is 0. The molecule has 0 spiro atoms. The van der Waals surface area contributed by atoms with Gasteiger partial charge in [-0.3, -0.25) is 14.6 Å². The maximum absolute atomic E-state index is 11.4. The molecule has 1 heterocycles. The molecule has 0 aliphatic carbocycles. The Hall–Kier alpha value is -2.37. The van der Waals surface area contributed by atoms with E-state index in [1.165, 1.54) is 43.1 Å². The molecule has 118 valence electrons. The van der Waals surface area contributed by atoms with Crippen molar-refractivity contribution in [2.24, 2.45) is 7.05 Å². The maximum atomic E-state index is 11.4. The quantitative estimate of drug-likeness (QED) is 0.654. The lowest BCUT2D eigenvalue weighted by Crippen LogP contribution is -2.28. The van der Waals surface area contributed by atoms with Gasteiger partial charge in [-0.1, -0.05) is 39.8 Å². The topological polar surface area (TPSA) is 84.0 Å². The zero-order valence-electron chi connectivity index (χ0n) is 13.6. The van der Waals surface area contributed by atoms with Crippen molar-refractivity contribution >= 4 is 12.0 Å². The summed E-state index contributed by atoms with van der Waals surface area (Å²) in [5.41, 5.74) is -0.584. The lowest BCUT2D eigenvalue weighted by Gasteiger charge is -1.96. The summed E-state index contributed by atoms with van der Waals surface area (Å²) in [6.45, 7) is 8.00. The van der Waals surface area contributed by atoms with E-state index in [4.69, 9.17) is 0 Å². The smallest absolute Gasteiger partial charge is 0.328 e. The lowest BCUT2D eigenvalue weighted by molar-refractivity contribution is -0.116. The van der Waals surface area contributed by atoms with E-state index < -0.39 is 11.2 Å². The lowest BCUT2D eigenvalue weighted by atomic mass is 10.3. The summed E-state index contributed by atoms with van der Waals surface area (Å²) in [7, 11) is 3.06. The number of H-pyrrole nitrogens is 1. The van der Waals surface area contributed by atoms with Crippen LogP contribution in [0.4, 0.5) is 0 Å². The van der Waals surface area contributed by atoms with Crippen molar-refractivity contribution < 1.29 is 4.79 Å². The fourth-order valence-corrected chi connectivity index (χ4v) is 1.09. The van der Waals surface area contributed by atoms with Crippen LogP contribution in [0.5, 0.6) is 0 Å². The molecular formula is C15H25N3O3. The van der Waals surface area contributed by atoms with Crippen LogP contribution in [0.1, 0.15) is 33.3 Å². The molecule has 1 aromatic heterocycles. The molecule has 6 heteroatoms. The molecule has 0 fully saturated rings. The zero-order valence-corrected chi connectivity index (χ0v) is 13.6. The van der Waals surface area contributed by atoms with Crippen LogP contribution in [-0.4, -0.2) is 22.5 Å². The van der Waals surface area contributed by atoms with Gasteiger partial charge in [-0.05, 0) is 6.08 Å². The molecule has 1 aromatic rings. The molecule has 0 unspecified atom stereocenters. The van der Waals surface area contributed by atoms with E-state index in [9.17, 15) is 14.4 Å². The second-order valence-corrected chi connectivity index (χ2v) is 3.29. The number of hydrogen-bond acceptors (Lipinski definition) is 3. The number of aromatic nitrogens is 2. The number of carbonyl (C=O) groups excluding carboxylic acids is 1. The highest BCUT2D eigenvalue weighted by Crippen LogP contribution is 1.91. The highest BCUT2D eigenvalue weighted by molar-refractivity contribution is 5.87. The molecule has 0 radical (unpaired) electrons. The Labute approximate surface area is 125 Å². The van der Waals surface area contributed by atoms with Crippen LogP contribution in [-0.2, 0) is 11.8 Å². The Morgan fingerprint density at radius 2 is 1.76 bits per heavy atom. The Morgan fingerprint density at radius 1 is 1.19 bits per heavy atom. The van der Waals surface area contributed by atoms with Crippen molar-refractivity contribution in [2.45, 2.75) is 27.7 Å². The van der Waals surface area contributed by atoms with E-state index >= 15 is 0 Å². The van der Waals surface area contributed by atoms with Gasteiger partial charge in [-0.25, -0.2) is 4.79 Å². The predicted octanol–water partition coefficient (Wildman–Crippen LogP) is 1.44. The SMILES string of the molecule is CC.CC.CNC(=O)/C=C/C=C/c1cn(C)c(=O)[nH]c1=O. The Kier molecular flexibility index (Phi) is 12.6. The molecular weight excluding hydrogens is 270 g/mol. The molecule has 0 aromatic carbocycles. The van der Waals surface area contributed by atoms with Crippen molar-refractivity contribution in [3.05, 3.63) is 50.8 Å². The van der Waals surface area contributed by atoms with E-state index in [1.54, 1.807) is 6.08 Å². The van der Waals surface area contributed by atoms with Gasteiger partial charge in [0.05, 0.1) is 5.56 Å². The molecule has 0 saturated carbocycles. The molecule has 21 heavy (non-hydrogen) atoms. The van der Waals surface area contributed by atoms with Gasteiger partial charge in [0.1, 0.15) is 0 Å². The molecule has 1 rings (SSSR count). The molecule has 0 aliphatic rings. The van der Waals surface area contributed by atoms with Crippen molar-refractivity contribution in [2.75, 3.05) is 7.05 Å². The second kappa shape index (κ2) is 12.7. The number of rotatable bonds is 3. The summed E-state index contributed by atoms with van der Waals surface area (Å²) in [5.74, 6) is -0.232. The average molecular weight is 295 g/mol. The van der Waals surface area contributed by atoms with E-state index in [0.717, 1.165) is 0 Å². The number of aryl methyl sites for hydroxylation is 1. The minimum Gasteiger partial charge on any atom is -0.356 e. The van der Waals surface area contributed by atoms with E-state index in [2.05, 4.69) is 10.3 Å². The number of aromatic amines is 1. The first-order valence-corrected chi connectivity index (χ1v) is 6.91. The summed E-state index contributed by atoms with van der Waals surface area (Å²) in [6.07, 6.45) is 7.31. The minimum absolute atomic E-state index is 0.232. The van der Waals surface area contributed by atoms with Gasteiger partial charge >= 0.3 is 5.69 Å². The van der Waals surface area contributed by atoms with Gasteiger partial charge in [0.15, 0.2) is 0 Å². The van der Waals surface area contributed by atoms with Gasteiger partial charge in [0, 0.05) is 26.4 Å². The fourth-order valence-electron chi connectivity index (χ4n) is 1.09. The standard InChI is InChI=1S/C11H13N3O3.2C2H6/c1-12-9(15)6-4-3-5-8-7-14(2)11(17)13-10(8)16;2*1-2/h3-7H,1-2H3,(H,12,15)(H,13,16,17);2*1-2H3/b5-3+,6-4+;;. The zero-order chi connectivity index (χ0) is 16.8. The van der Waals surface area contributed by atoms with Crippen molar-refractivity contribution in [1.29, 1.82) is 0 Å². The predicted molar refractivity (Wildman–Crippen MR) is 87.2 cm³/mol. The van der Waals surface area contributed by atoms with Crippen LogP contribution < -0.4 is 16.6 Å². The first-order chi connectivity index (χ1) is 10.0. The van der Waals surface area contributed by atoms with Gasteiger partial charge < -0.3 is 9.88 Å². The number of nitrogens with one attached hydrogen (secondary N) is 2. The van der Waals surface area contributed by atoms with Crippen LogP contribution in [0.3, 0.4) is 0 Å². The van der Waals surface area contributed by atoms with E-state index in [1.807, 2.05) is 27.7 Å². The first kappa shape index (κ1) is 20.9. The maximum Gasteiger partial charge on any atom is 0.328 e. The molecule has 0 aliphatic heterocycles. The largest absolute Gasteiger partial charge is 0.356 e. The monoisotopic (exact) mass is 295 g/mol. The average Bonchev–Trinajstić information content (AvgIpc) is 2.52. The van der Waals surface area contributed by atoms with Crippen LogP contribution >= 0.6 is 0 Å². The Balaban J connectivity index is 0. The van der Waals surface area contributed by atoms with Crippen molar-refractivity contribution in [1.82, 2.24) is 14.9 Å². The molecule has 0 saturated heterocycles. The third kappa shape index (κ3) is 8.41. The highest BCUT2D eigenvalue weighted by atomic mass is 16.2. The fraction of sp³-hybridized carbons (Fsp3) is 0.400. The Bertz CT molecular complexity index is 581. The van der Waals surface area contributed by atoms with Gasteiger partial charge in [-0.15, -0.1) is 0 Å². The Morgan fingerprint density at radius 3 is 2.29 bits per heavy atom. The van der Waals surface area contributed by atoms with Gasteiger partial charge in [-0.2, -0.15) is 0 Å². The summed E-state index contributed by atoms with van der Waals surface area (Å²) < 4.78 is 1.27. The number of nitrogens with zero attached hydrogens (tertiary/aromatic N) is 1.